The maximum absolute atomic E-state index is 11.1. The maximum atomic E-state index is 11.1. The molecule has 0 radical (unpaired) electrons. The van der Waals surface area contributed by atoms with Crippen molar-refractivity contribution < 1.29 is 79.7 Å². The first-order valence-corrected chi connectivity index (χ1v) is 34.9. The van der Waals surface area contributed by atoms with E-state index < -0.39 is 302 Å². The number of pyridine rings is 1. The van der Waals surface area contributed by atoms with Gasteiger partial charge in [0, 0.05) is 54.0 Å². The molecule has 0 spiro atoms. The molecule has 3 aromatic heterocycles. The van der Waals surface area contributed by atoms with Crippen molar-refractivity contribution in [3.63, 3.8) is 0 Å². The van der Waals surface area contributed by atoms with Gasteiger partial charge in [0.25, 0.3) is 6.33 Å². The Balaban J connectivity index is 0.0000148. The van der Waals surface area contributed by atoms with Crippen LogP contribution in [0.15, 0.2) is 315 Å². The first-order chi connectivity index (χ1) is 64.8. The van der Waals surface area contributed by atoms with Crippen LogP contribution in [0.5, 0.6) is 11.5 Å². The Bertz CT molecular complexity index is 7620. The molecule has 0 N–H and O–H groups in total. The van der Waals surface area contributed by atoms with Gasteiger partial charge in [-0.25, -0.2) is 4.98 Å². The normalized spacial score (nSPS) is 17.0. The van der Waals surface area contributed by atoms with Crippen LogP contribution >= 0.6 is 0 Å². The van der Waals surface area contributed by atoms with E-state index in [0.717, 1.165) is 17.3 Å². The van der Waals surface area contributed by atoms with Crippen LogP contribution in [0.1, 0.15) is 134 Å². The smallest absolute Gasteiger partial charge is 0.268 e. The number of imidazole rings is 1. The Morgan fingerprint density at radius 3 is 1.54 bits per heavy atom. The van der Waals surface area contributed by atoms with Crippen molar-refractivity contribution in [2.24, 2.45) is 0 Å². The molecule has 0 saturated carbocycles. The predicted octanol–water partition coefficient (Wildman–Crippen LogP) is 21.5. The topological polar surface area (TPSA) is 35.9 Å². The molecule has 512 valence electrons. The number of fused-ring (bicyclic) bond motifs is 4. The molecule has 16 rings (SSSR count). The van der Waals surface area contributed by atoms with Gasteiger partial charge in [0.2, 0.25) is 0 Å². The third-order valence-corrected chi connectivity index (χ3v) is 22.3. The summed E-state index contributed by atoms with van der Waals surface area (Å²) in [5.74, 6) is -0.123. The molecule has 3 heterocycles. The number of para-hydroxylation sites is 1. The fraction of sp³-hybridized carbons (Fsp3) is 0.134. The van der Waals surface area contributed by atoms with E-state index in [0.29, 0.717) is 27.4 Å². The third kappa shape index (κ3) is 12.9. The summed E-state index contributed by atoms with van der Waals surface area (Å²) in [4.78, 5) is 4.73. The number of benzene rings is 13. The summed E-state index contributed by atoms with van der Waals surface area (Å²) in [6.07, 6.45) is 4.58. The minimum absolute atomic E-state index is 0. The second-order valence-corrected chi connectivity index (χ2v) is 31.3. The van der Waals surface area contributed by atoms with E-state index in [-0.39, 0.29) is 71.7 Å². The van der Waals surface area contributed by atoms with Crippen molar-refractivity contribution >= 4 is 61.7 Å². The standard InChI is InChI=1S/C97H82N4OSi.Pt/c1-66-52-93(98-64-87(66)69-36-21-13-22-37-69)101-88-47-30-29-46-84(88)85-50-49-80(63-90(85)101)102-79-39-31-38-78(62-79)99-65-100(89-51-48-70(58-91(89)99)73-56-75(95(2,3)4)59-76(57-73)96(5,6)7)94-86(74-54-71(67-32-17-11-18-33-67)53-72(55-74)68-34-19-12-20-35-68)60-77(97(8,9)10)61-92(94)103(81-40-23-14-24-41-81,82-42-25-15-26-43-82)83-44-27-16-28-45-83;/h11-61,64H,1-10H3;/q-2;/i1D3,11D,12D,13D,14D,15D,16D,17D,18D,19D,20D,21D,22D,23D,24D,25D,26D,27D,28D,32D,33D,34D,35D,36D,37D,40D,41D,42D,43D,44D,45D,53D,54D,55D;. The van der Waals surface area contributed by atoms with Crippen LogP contribution < -0.4 is 30.1 Å². The van der Waals surface area contributed by atoms with E-state index in [1.165, 1.54) is 33.4 Å². The molecule has 0 bridgehead atoms. The Morgan fingerprint density at radius 2 is 0.971 bits per heavy atom. The minimum Gasteiger partial charge on any atom is -0.510 e. The molecule has 0 fully saturated rings. The van der Waals surface area contributed by atoms with Gasteiger partial charge in [-0.3, -0.25) is 4.57 Å². The van der Waals surface area contributed by atoms with Crippen LogP contribution in [0, 0.1) is 25.3 Å². The van der Waals surface area contributed by atoms with Crippen LogP contribution in [0.4, 0.5) is 0 Å². The van der Waals surface area contributed by atoms with Crippen LogP contribution in [-0.2, 0) is 37.3 Å². The van der Waals surface area contributed by atoms with E-state index in [1.807, 2.05) is 53.7 Å². The molecule has 0 amide bonds. The summed E-state index contributed by atoms with van der Waals surface area (Å²) in [5, 5.41) is -2.58. The van der Waals surface area contributed by atoms with Crippen molar-refractivity contribution in [1.29, 1.82) is 0 Å². The first kappa shape index (κ1) is 38.5. The Kier molecular flexibility index (Phi) is 10.2. The molecule has 13 aromatic carbocycles. The van der Waals surface area contributed by atoms with E-state index in [2.05, 4.69) is 24.5 Å². The van der Waals surface area contributed by atoms with Crippen molar-refractivity contribution in [3.8, 4) is 84.3 Å². The van der Waals surface area contributed by atoms with Gasteiger partial charge in [-0.05, 0) is 164 Å². The largest absolute Gasteiger partial charge is 0.510 e. The average molecular weight is 1580 g/mol. The molecule has 0 atom stereocenters. The zero-order valence-corrected chi connectivity index (χ0v) is 60.8. The van der Waals surface area contributed by atoms with E-state index >= 15 is 0 Å². The summed E-state index contributed by atoms with van der Waals surface area (Å²) < 4.78 is 355. The third-order valence-electron chi connectivity index (χ3n) is 18.1. The van der Waals surface area contributed by atoms with Gasteiger partial charge in [-0.2, -0.15) is 18.2 Å². The Hall–Kier alpha value is -11.0. The van der Waals surface area contributed by atoms with Crippen molar-refractivity contribution in [1.82, 2.24) is 14.1 Å². The van der Waals surface area contributed by atoms with Crippen LogP contribution in [-0.4, -0.2) is 22.2 Å². The van der Waals surface area contributed by atoms with Gasteiger partial charge in [-0.15, -0.1) is 29.7 Å². The van der Waals surface area contributed by atoms with Gasteiger partial charge in [0.15, 0.2) is 8.07 Å². The molecule has 0 aliphatic rings. The molecule has 7 heteroatoms. The van der Waals surface area contributed by atoms with Crippen LogP contribution in [0.2, 0.25) is 0 Å². The summed E-state index contributed by atoms with van der Waals surface area (Å²) in [6, 6.07) is 1.81. The van der Waals surface area contributed by atoms with E-state index in [4.69, 9.17) is 28.9 Å². The molecule has 0 unspecified atom stereocenters. The first-order valence-electron chi connectivity index (χ1n) is 50.9. The Labute approximate surface area is 678 Å². The maximum Gasteiger partial charge on any atom is 0.268 e. The molecule has 0 saturated heterocycles. The van der Waals surface area contributed by atoms with Gasteiger partial charge < -0.3 is 13.9 Å². The van der Waals surface area contributed by atoms with Crippen molar-refractivity contribution in [2.75, 3.05) is 0 Å². The van der Waals surface area contributed by atoms with Crippen LogP contribution in [0.3, 0.4) is 0 Å². The molecule has 0 aliphatic carbocycles. The van der Waals surface area contributed by atoms with Gasteiger partial charge in [-0.1, -0.05) is 310 Å². The van der Waals surface area contributed by atoms with Crippen molar-refractivity contribution in [3.05, 3.63) is 356 Å². The molecule has 16 aromatic rings. The van der Waals surface area contributed by atoms with Gasteiger partial charge in [0.1, 0.15) is 5.82 Å². The number of nitrogens with zero attached hydrogens (tertiary/aromatic N) is 4. The Morgan fingerprint density at radius 1 is 0.442 bits per heavy atom. The molecule has 104 heavy (non-hydrogen) atoms. The molecular formula is C97H82N4OPtSi-2. The molecule has 0 aliphatic heterocycles. The minimum atomic E-state index is -6.68. The second-order valence-electron chi connectivity index (χ2n) is 27.7. The zero-order chi connectivity index (χ0) is 102. The quantitative estimate of drug-likeness (QED) is 0.0471. The number of hydrogen-bond donors (Lipinski definition) is 0. The van der Waals surface area contributed by atoms with Crippen LogP contribution in [0.25, 0.3) is 106 Å². The summed E-state index contributed by atoms with van der Waals surface area (Å²) in [6.45, 7) is 14.0. The summed E-state index contributed by atoms with van der Waals surface area (Å²) in [5.41, 5.74) is -5.97. The summed E-state index contributed by atoms with van der Waals surface area (Å²) >= 11 is 0. The monoisotopic (exact) mass is 1580 g/mol. The number of rotatable bonds is 14. The molecule has 5 nitrogen and oxygen atoms in total. The number of aromatic nitrogens is 4. The molecular weight excluding hydrogens is 1460 g/mol. The number of hydrogen-bond acceptors (Lipinski definition) is 2. The van der Waals surface area contributed by atoms with E-state index in [9.17, 15) is 30.2 Å². The average Bonchev–Trinajstić information content (AvgIpc) is 0.857. The fourth-order valence-electron chi connectivity index (χ4n) is 12.8. The van der Waals surface area contributed by atoms with E-state index in [1.54, 1.807) is 92.1 Å². The van der Waals surface area contributed by atoms with Gasteiger partial charge >= 0.3 is 0 Å². The SMILES string of the molecule is [2H]c1c([2H])c([2H])c(-c2cnc(-n3c4[c-]c(Oc5[c-]c(-n6[c-][n+](-c7c(-c8c([2H])c(-c9c([2H])c([2H])c([2H])c([2H])c9[2H])c([2H])c(-c9c([2H])c([2H])c([2H])c([2H])c9[2H])c8[2H])cc(C(C)(C)C)cc7[Si](c7c([2H])c([2H])c([2H])c([2H])c7[2H])(c7c([2H])c([2H])c([2H])c([2H])c7[2H])c7c([2H])c([2H])c([2H])c([2H])c7[2H])c7ccc(-c8cc(C(C)(C)C)cc(C(C)(C)C)c8)cc76)ccc5)ccc4c4ccccc43)cc2C([2H])([2H])[2H])c([2H])c1[2H].[Pt]. The fourth-order valence-corrected chi connectivity index (χ4v) is 16.9. The second kappa shape index (κ2) is 27.6. The number of ether oxygens (including phenoxy) is 1. The summed E-state index contributed by atoms with van der Waals surface area (Å²) in [7, 11) is -6.68. The predicted molar refractivity (Wildman–Crippen MR) is 432 cm³/mol. The van der Waals surface area contributed by atoms with Crippen molar-refractivity contribution in [2.45, 2.75) is 85.4 Å². The van der Waals surface area contributed by atoms with Gasteiger partial charge in [0.05, 0.1) is 62.0 Å². The number of aryl methyl sites for hydroxylation is 1. The zero-order valence-electron chi connectivity index (χ0n) is 93.5.